The van der Waals surface area contributed by atoms with Crippen LogP contribution in [0.2, 0.25) is 0 Å². The Labute approximate surface area is 182 Å². The zero-order valence-electron chi connectivity index (χ0n) is 19.5. The van der Waals surface area contributed by atoms with Gasteiger partial charge < -0.3 is 5.11 Å². The van der Waals surface area contributed by atoms with Crippen LogP contribution in [0.1, 0.15) is 92.4 Å². The minimum atomic E-state index is -0.222. The first kappa shape index (κ1) is 20.3. The summed E-state index contributed by atoms with van der Waals surface area (Å²) in [7, 11) is 0. The van der Waals surface area contributed by atoms with Crippen LogP contribution in [0.15, 0.2) is 46.3 Å². The lowest BCUT2D eigenvalue weighted by Crippen LogP contribution is -2.59. The first-order valence-corrected chi connectivity index (χ1v) is 12.2. The summed E-state index contributed by atoms with van der Waals surface area (Å²) in [4.78, 5) is 12.5. The smallest absolute Gasteiger partial charge is 0.220 e. The second-order valence-corrected chi connectivity index (χ2v) is 11.9. The number of aliphatic hydroxyl groups excluding tert-OH is 1. The number of fused-ring (bicyclic) bond motifs is 7. The lowest BCUT2D eigenvalue weighted by atomic mass is 9.36. The normalized spacial score (nSPS) is 45.8. The Balaban J connectivity index is 1.66. The zero-order valence-corrected chi connectivity index (χ0v) is 19.5. The van der Waals surface area contributed by atoms with E-state index < -0.39 is 0 Å². The van der Waals surface area contributed by atoms with Crippen LogP contribution in [0.4, 0.5) is 0 Å². The first-order valence-electron chi connectivity index (χ1n) is 12.2. The van der Waals surface area contributed by atoms with Gasteiger partial charge in [-0.2, -0.15) is 0 Å². The van der Waals surface area contributed by atoms with Crippen LogP contribution in [-0.2, 0) is 4.79 Å². The number of allylic oxidation sites excluding steroid dienone is 7. The molecule has 3 saturated carbocycles. The molecule has 0 amide bonds. The van der Waals surface area contributed by atoms with E-state index in [0.29, 0.717) is 10.8 Å². The van der Waals surface area contributed by atoms with E-state index in [0.717, 1.165) is 29.1 Å². The lowest BCUT2D eigenvalue weighted by molar-refractivity contribution is -0.127. The van der Waals surface area contributed by atoms with Gasteiger partial charge in [-0.25, -0.2) is 0 Å². The Morgan fingerprint density at radius 2 is 1.70 bits per heavy atom. The fraction of sp³-hybridized carbons (Fsp3) is 0.679. The molecular formula is C28H38O2. The Morgan fingerprint density at radius 1 is 0.933 bits per heavy atom. The number of ketones is 1. The minimum absolute atomic E-state index is 0.0794. The van der Waals surface area contributed by atoms with Crippen molar-refractivity contribution >= 4 is 5.78 Å². The summed E-state index contributed by atoms with van der Waals surface area (Å²) in [5.41, 5.74) is 5.37. The van der Waals surface area contributed by atoms with Gasteiger partial charge in [0.15, 0.2) is 5.76 Å². The molecule has 0 aromatic carbocycles. The van der Waals surface area contributed by atoms with E-state index in [-0.39, 0.29) is 22.4 Å². The molecule has 0 aliphatic heterocycles. The fourth-order valence-electron chi connectivity index (χ4n) is 8.59. The van der Waals surface area contributed by atoms with Gasteiger partial charge in [-0.1, -0.05) is 64.7 Å². The second kappa shape index (κ2) is 6.24. The van der Waals surface area contributed by atoms with Crippen molar-refractivity contribution in [2.24, 2.45) is 27.6 Å². The fourth-order valence-corrected chi connectivity index (χ4v) is 8.59. The summed E-state index contributed by atoms with van der Waals surface area (Å²) >= 11 is 0. The maximum Gasteiger partial charge on any atom is 0.220 e. The number of carbonyl (C=O) groups is 1. The van der Waals surface area contributed by atoms with Crippen LogP contribution < -0.4 is 0 Å². The largest absolute Gasteiger partial charge is 0.504 e. The van der Waals surface area contributed by atoms with Crippen molar-refractivity contribution in [3.8, 4) is 0 Å². The van der Waals surface area contributed by atoms with Crippen molar-refractivity contribution in [2.45, 2.75) is 92.4 Å². The summed E-state index contributed by atoms with van der Waals surface area (Å²) < 4.78 is 0. The molecule has 0 bridgehead atoms. The molecule has 0 aromatic rings. The van der Waals surface area contributed by atoms with E-state index in [4.69, 9.17) is 0 Å². The van der Waals surface area contributed by atoms with Crippen molar-refractivity contribution in [1.29, 1.82) is 0 Å². The zero-order chi connectivity index (χ0) is 21.5. The summed E-state index contributed by atoms with van der Waals surface area (Å²) in [5.74, 6) is 0.486. The molecule has 3 fully saturated rings. The molecule has 2 heteroatoms. The highest BCUT2D eigenvalue weighted by Gasteiger charge is 2.65. The van der Waals surface area contributed by atoms with Gasteiger partial charge in [-0.05, 0) is 84.8 Å². The molecule has 0 radical (unpaired) electrons. The molecule has 5 aliphatic carbocycles. The molecule has 1 N–H and O–H groups in total. The number of carbonyl (C=O) groups excluding carboxylic acids is 1. The molecule has 5 atom stereocenters. The Hall–Kier alpha value is -1.57. The summed E-state index contributed by atoms with van der Waals surface area (Å²) in [6.07, 6.45) is 18.2. The Kier molecular flexibility index (Phi) is 4.23. The van der Waals surface area contributed by atoms with Gasteiger partial charge in [-0.3, -0.25) is 4.79 Å². The number of hydrogen-bond donors (Lipinski definition) is 1. The number of rotatable bonds is 0. The van der Waals surface area contributed by atoms with Gasteiger partial charge in [0.1, 0.15) is 0 Å². The molecule has 5 aliphatic rings. The van der Waals surface area contributed by atoms with E-state index in [1.807, 2.05) is 6.92 Å². The van der Waals surface area contributed by atoms with Gasteiger partial charge in [0.05, 0.1) is 0 Å². The highest BCUT2D eigenvalue weighted by molar-refractivity contribution is 6.06. The third kappa shape index (κ3) is 2.34. The molecule has 30 heavy (non-hydrogen) atoms. The van der Waals surface area contributed by atoms with Crippen LogP contribution in [0.25, 0.3) is 0 Å². The van der Waals surface area contributed by atoms with Crippen molar-refractivity contribution in [2.75, 3.05) is 0 Å². The van der Waals surface area contributed by atoms with Crippen LogP contribution in [0.3, 0.4) is 0 Å². The van der Waals surface area contributed by atoms with Crippen molar-refractivity contribution in [3.05, 3.63) is 46.3 Å². The van der Waals surface area contributed by atoms with E-state index >= 15 is 0 Å². The second-order valence-electron chi connectivity index (χ2n) is 11.9. The summed E-state index contributed by atoms with van der Waals surface area (Å²) in [5, 5.41) is 10.3. The standard InChI is InChI=1S/C28H38O2/c1-18-19-10-11-23-26(3,20(19)17-21(29)24(18)30)14-16-27(4)22-9-7-6-8-12-25(22,2)13-15-28(23,27)5/h10-11,17,22,30H,6-9,12-16H2,1-5H3/t22-,25-,26?,27+,28-/m1/s1. The topological polar surface area (TPSA) is 37.3 Å². The summed E-state index contributed by atoms with van der Waals surface area (Å²) in [6, 6.07) is 0. The predicted molar refractivity (Wildman–Crippen MR) is 122 cm³/mol. The quantitative estimate of drug-likeness (QED) is 0.455. The summed E-state index contributed by atoms with van der Waals surface area (Å²) in [6.45, 7) is 12.0. The highest BCUT2D eigenvalue weighted by Crippen LogP contribution is 2.74. The van der Waals surface area contributed by atoms with Gasteiger partial charge in [-0.15, -0.1) is 0 Å². The molecule has 0 saturated heterocycles. The van der Waals surface area contributed by atoms with E-state index in [2.05, 4.69) is 39.8 Å². The number of hydrogen-bond acceptors (Lipinski definition) is 2. The highest BCUT2D eigenvalue weighted by atomic mass is 16.3. The molecule has 0 heterocycles. The van der Waals surface area contributed by atoms with E-state index in [1.54, 1.807) is 11.6 Å². The third-order valence-electron chi connectivity index (χ3n) is 10.7. The van der Waals surface area contributed by atoms with Gasteiger partial charge >= 0.3 is 0 Å². The minimum Gasteiger partial charge on any atom is -0.504 e. The maximum absolute atomic E-state index is 12.5. The molecule has 0 spiro atoms. The van der Waals surface area contributed by atoms with Gasteiger partial charge in [0.2, 0.25) is 5.78 Å². The van der Waals surface area contributed by atoms with Crippen LogP contribution in [-0.4, -0.2) is 10.9 Å². The molecule has 5 rings (SSSR count). The predicted octanol–water partition coefficient (Wildman–Crippen LogP) is 7.39. The van der Waals surface area contributed by atoms with Crippen LogP contribution in [0, 0.1) is 27.6 Å². The van der Waals surface area contributed by atoms with Crippen LogP contribution >= 0.6 is 0 Å². The SMILES string of the molecule is CC1=C(O)C(=O)C=C2C1=CC=C1C2(C)CC[C@@]2(C)[C@@H]3CCCCC[C@]3(C)CC[C@]12C. The molecular weight excluding hydrogens is 368 g/mol. The molecule has 2 nitrogen and oxygen atoms in total. The van der Waals surface area contributed by atoms with E-state index in [1.165, 1.54) is 51.4 Å². The number of aliphatic hydroxyl groups is 1. The monoisotopic (exact) mass is 406 g/mol. The van der Waals surface area contributed by atoms with Gasteiger partial charge in [0, 0.05) is 11.0 Å². The van der Waals surface area contributed by atoms with Crippen LogP contribution in [0.5, 0.6) is 0 Å². The molecule has 0 aromatic heterocycles. The van der Waals surface area contributed by atoms with Crippen molar-refractivity contribution in [1.82, 2.24) is 0 Å². The third-order valence-corrected chi connectivity index (χ3v) is 10.7. The Morgan fingerprint density at radius 3 is 2.47 bits per heavy atom. The van der Waals surface area contributed by atoms with E-state index in [9.17, 15) is 9.90 Å². The average molecular weight is 407 g/mol. The van der Waals surface area contributed by atoms with Crippen molar-refractivity contribution < 1.29 is 9.90 Å². The molecule has 1 unspecified atom stereocenters. The average Bonchev–Trinajstić information content (AvgIpc) is 2.91. The Bertz CT molecular complexity index is 946. The maximum atomic E-state index is 12.5. The van der Waals surface area contributed by atoms with Gasteiger partial charge in [0.25, 0.3) is 0 Å². The van der Waals surface area contributed by atoms with Crippen molar-refractivity contribution in [3.63, 3.8) is 0 Å². The molecule has 162 valence electrons. The first-order chi connectivity index (χ1) is 14.1. The lowest BCUT2D eigenvalue weighted by Gasteiger charge is -2.68.